The number of hydrogen-bond donors (Lipinski definition) is 0. The van der Waals surface area contributed by atoms with Crippen molar-refractivity contribution in [2.45, 2.75) is 26.7 Å². The lowest BCUT2D eigenvalue weighted by Gasteiger charge is -2.56. The Balaban J connectivity index is 2.30. The number of hydrogen-bond acceptors (Lipinski definition) is 1. The second-order valence-corrected chi connectivity index (χ2v) is 4.46. The van der Waals surface area contributed by atoms with Crippen LogP contribution in [0, 0.1) is 17.3 Å². The third-order valence-electron chi connectivity index (χ3n) is 3.68. The Hall–Kier alpha value is -0.590. The number of allylic oxidation sites excluding steroid dienone is 1. The maximum Gasteiger partial charge on any atom is 0.158 e. The SMILES string of the molecule is C=C1C(=O)CC2CC1C2(C)C. The fourth-order valence-electron chi connectivity index (χ4n) is 2.50. The zero-order valence-corrected chi connectivity index (χ0v) is 7.18. The van der Waals surface area contributed by atoms with E-state index in [0.29, 0.717) is 23.0 Å². The van der Waals surface area contributed by atoms with Crippen molar-refractivity contribution in [3.8, 4) is 0 Å². The zero-order chi connectivity index (χ0) is 8.22. The number of Topliss-reactive ketones (excluding diaryl/α,β-unsaturated/α-hetero) is 1. The number of carbonyl (C=O) groups is 1. The lowest BCUT2D eigenvalue weighted by molar-refractivity contribution is -0.129. The molecule has 3 aliphatic carbocycles. The molecule has 1 heteroatoms. The maximum atomic E-state index is 11.2. The molecule has 60 valence electrons. The Morgan fingerprint density at radius 1 is 1.55 bits per heavy atom. The van der Waals surface area contributed by atoms with Crippen LogP contribution in [-0.4, -0.2) is 5.78 Å². The molecule has 2 unspecified atom stereocenters. The summed E-state index contributed by atoms with van der Waals surface area (Å²) in [4.78, 5) is 11.2. The van der Waals surface area contributed by atoms with Gasteiger partial charge in [-0.05, 0) is 29.2 Å². The van der Waals surface area contributed by atoms with Crippen molar-refractivity contribution in [2.75, 3.05) is 0 Å². The van der Waals surface area contributed by atoms with Crippen molar-refractivity contribution >= 4 is 5.78 Å². The molecule has 0 amide bonds. The first-order valence-corrected chi connectivity index (χ1v) is 4.25. The van der Waals surface area contributed by atoms with Gasteiger partial charge in [0.1, 0.15) is 0 Å². The molecule has 0 saturated heterocycles. The van der Waals surface area contributed by atoms with Crippen LogP contribution in [0.5, 0.6) is 0 Å². The first-order valence-electron chi connectivity index (χ1n) is 4.25. The van der Waals surface area contributed by atoms with Crippen LogP contribution >= 0.6 is 0 Å². The van der Waals surface area contributed by atoms with Gasteiger partial charge in [-0.25, -0.2) is 0 Å². The van der Waals surface area contributed by atoms with Crippen molar-refractivity contribution < 1.29 is 4.79 Å². The highest BCUT2D eigenvalue weighted by atomic mass is 16.1. The molecule has 0 heterocycles. The van der Waals surface area contributed by atoms with Gasteiger partial charge in [-0.2, -0.15) is 0 Å². The highest BCUT2D eigenvalue weighted by molar-refractivity contribution is 5.97. The van der Waals surface area contributed by atoms with E-state index < -0.39 is 0 Å². The maximum absolute atomic E-state index is 11.2. The summed E-state index contributed by atoms with van der Waals surface area (Å²) < 4.78 is 0. The molecule has 0 radical (unpaired) electrons. The van der Waals surface area contributed by atoms with Crippen LogP contribution in [0.4, 0.5) is 0 Å². The lowest BCUT2D eigenvalue weighted by Crippen LogP contribution is -2.52. The summed E-state index contributed by atoms with van der Waals surface area (Å²) in [7, 11) is 0. The fourth-order valence-corrected chi connectivity index (χ4v) is 2.50. The average molecular weight is 150 g/mol. The van der Waals surface area contributed by atoms with Gasteiger partial charge in [0.15, 0.2) is 5.78 Å². The third kappa shape index (κ3) is 0.688. The Labute approximate surface area is 67.5 Å². The summed E-state index contributed by atoms with van der Waals surface area (Å²) in [5.74, 6) is 1.45. The quantitative estimate of drug-likeness (QED) is 0.484. The van der Waals surface area contributed by atoms with E-state index in [-0.39, 0.29) is 0 Å². The summed E-state index contributed by atoms with van der Waals surface area (Å²) in [6, 6.07) is 0. The van der Waals surface area contributed by atoms with Gasteiger partial charge >= 0.3 is 0 Å². The predicted octanol–water partition coefficient (Wildman–Crippen LogP) is 2.18. The van der Waals surface area contributed by atoms with Gasteiger partial charge < -0.3 is 0 Å². The molecule has 3 fully saturated rings. The van der Waals surface area contributed by atoms with Gasteiger partial charge in [0, 0.05) is 6.42 Å². The van der Waals surface area contributed by atoms with E-state index in [4.69, 9.17) is 0 Å². The van der Waals surface area contributed by atoms with Crippen molar-refractivity contribution in [1.29, 1.82) is 0 Å². The average Bonchev–Trinajstić information content (AvgIpc) is 1.93. The summed E-state index contributed by atoms with van der Waals surface area (Å²) in [6.07, 6.45) is 1.96. The van der Waals surface area contributed by atoms with Crippen LogP contribution in [0.1, 0.15) is 26.7 Å². The molecule has 0 aromatic carbocycles. The van der Waals surface area contributed by atoms with E-state index >= 15 is 0 Å². The molecule has 3 aliphatic rings. The molecule has 0 N–H and O–H groups in total. The molecule has 1 nitrogen and oxygen atoms in total. The molecule has 0 aliphatic heterocycles. The van der Waals surface area contributed by atoms with Gasteiger partial charge in [0.05, 0.1) is 0 Å². The monoisotopic (exact) mass is 150 g/mol. The number of fused-ring (bicyclic) bond motifs is 2. The van der Waals surface area contributed by atoms with Crippen LogP contribution in [0.15, 0.2) is 12.2 Å². The van der Waals surface area contributed by atoms with Gasteiger partial charge in [0.25, 0.3) is 0 Å². The molecule has 3 saturated carbocycles. The molecular weight excluding hydrogens is 136 g/mol. The van der Waals surface area contributed by atoms with Crippen LogP contribution < -0.4 is 0 Å². The largest absolute Gasteiger partial charge is 0.295 e. The molecular formula is C10H14O. The van der Waals surface area contributed by atoms with Crippen LogP contribution in [0.3, 0.4) is 0 Å². The number of rotatable bonds is 0. The van der Waals surface area contributed by atoms with Crippen molar-refractivity contribution in [3.63, 3.8) is 0 Å². The summed E-state index contributed by atoms with van der Waals surface area (Å²) in [5.41, 5.74) is 1.25. The van der Waals surface area contributed by atoms with E-state index in [1.165, 1.54) is 6.42 Å². The van der Waals surface area contributed by atoms with Crippen LogP contribution in [0.25, 0.3) is 0 Å². The standard InChI is InChI=1S/C10H14O/c1-6-8-4-7(5-9(6)11)10(8,2)3/h7-8H,1,4-5H2,2-3H3. The minimum Gasteiger partial charge on any atom is -0.295 e. The summed E-state index contributed by atoms with van der Waals surface area (Å²) in [6.45, 7) is 8.37. The van der Waals surface area contributed by atoms with Gasteiger partial charge in [-0.15, -0.1) is 0 Å². The van der Waals surface area contributed by atoms with Crippen LogP contribution in [-0.2, 0) is 4.79 Å². The highest BCUT2D eigenvalue weighted by Crippen LogP contribution is 2.59. The van der Waals surface area contributed by atoms with Crippen molar-refractivity contribution in [1.82, 2.24) is 0 Å². The number of carbonyl (C=O) groups excluding carboxylic acids is 1. The smallest absolute Gasteiger partial charge is 0.158 e. The molecule has 2 atom stereocenters. The minimum absolute atomic E-state index is 0.311. The van der Waals surface area contributed by atoms with Crippen molar-refractivity contribution in [2.24, 2.45) is 17.3 Å². The Kier molecular flexibility index (Phi) is 1.14. The Bertz CT molecular complexity index is 237. The lowest BCUT2D eigenvalue weighted by atomic mass is 9.47. The van der Waals surface area contributed by atoms with E-state index in [1.54, 1.807) is 0 Å². The van der Waals surface area contributed by atoms with Gasteiger partial charge in [0.2, 0.25) is 0 Å². The minimum atomic E-state index is 0.311. The van der Waals surface area contributed by atoms with E-state index in [1.807, 2.05) is 0 Å². The first-order chi connectivity index (χ1) is 5.03. The predicted molar refractivity (Wildman–Crippen MR) is 44.1 cm³/mol. The molecule has 0 aromatic heterocycles. The molecule has 2 bridgehead atoms. The molecule has 0 aromatic rings. The van der Waals surface area contributed by atoms with Gasteiger partial charge in [-0.3, -0.25) is 4.79 Å². The Morgan fingerprint density at radius 3 is 2.55 bits per heavy atom. The van der Waals surface area contributed by atoms with Gasteiger partial charge in [-0.1, -0.05) is 20.4 Å². The topological polar surface area (TPSA) is 17.1 Å². The normalized spacial score (nSPS) is 40.2. The summed E-state index contributed by atoms with van der Waals surface area (Å²) >= 11 is 0. The number of ketones is 1. The fraction of sp³-hybridized carbons (Fsp3) is 0.700. The molecule has 0 spiro atoms. The zero-order valence-electron chi connectivity index (χ0n) is 7.18. The van der Waals surface area contributed by atoms with E-state index in [9.17, 15) is 4.79 Å². The van der Waals surface area contributed by atoms with E-state index in [0.717, 1.165) is 12.0 Å². The second kappa shape index (κ2) is 1.77. The third-order valence-corrected chi connectivity index (χ3v) is 3.68. The summed E-state index contributed by atoms with van der Waals surface area (Å²) in [5, 5.41) is 0. The van der Waals surface area contributed by atoms with Crippen LogP contribution in [0.2, 0.25) is 0 Å². The molecule has 3 rings (SSSR count). The Morgan fingerprint density at radius 2 is 2.18 bits per heavy atom. The molecule has 11 heavy (non-hydrogen) atoms. The second-order valence-electron chi connectivity index (χ2n) is 4.46. The van der Waals surface area contributed by atoms with E-state index in [2.05, 4.69) is 20.4 Å². The highest BCUT2D eigenvalue weighted by Gasteiger charge is 2.54. The first kappa shape index (κ1) is 7.08. The van der Waals surface area contributed by atoms with Crippen molar-refractivity contribution in [3.05, 3.63) is 12.2 Å².